The maximum Gasteiger partial charge on any atom is 0.125 e. The number of nitrogens with two attached hydrogens (primary N) is 1. The van der Waals surface area contributed by atoms with Crippen LogP contribution in [0.4, 0.5) is 0 Å². The first-order chi connectivity index (χ1) is 7.04. The Balaban J connectivity index is 2.28. The third-order valence-electron chi connectivity index (χ3n) is 3.03. The third kappa shape index (κ3) is 2.07. The summed E-state index contributed by atoms with van der Waals surface area (Å²) in [5, 5.41) is 9.80. The summed E-state index contributed by atoms with van der Waals surface area (Å²) < 4.78 is 5.14. The molecule has 3 N–H and O–H groups in total. The number of phenols is 1. The van der Waals surface area contributed by atoms with Gasteiger partial charge in [-0.15, -0.1) is 0 Å². The zero-order valence-electron chi connectivity index (χ0n) is 9.21. The Morgan fingerprint density at radius 3 is 2.67 bits per heavy atom. The van der Waals surface area contributed by atoms with Crippen molar-refractivity contribution < 1.29 is 9.84 Å². The zero-order chi connectivity index (χ0) is 11.1. The molecular formula is C12H17NO2. The number of phenolic OH excluding ortho intramolecular Hbond substituents is 1. The van der Waals surface area contributed by atoms with Crippen LogP contribution in [0.1, 0.15) is 24.0 Å². The van der Waals surface area contributed by atoms with Crippen molar-refractivity contribution in [1.82, 2.24) is 0 Å². The molecule has 3 heteroatoms. The summed E-state index contributed by atoms with van der Waals surface area (Å²) in [7, 11) is 1.60. The van der Waals surface area contributed by atoms with E-state index in [0.717, 1.165) is 36.1 Å². The molecule has 0 saturated heterocycles. The standard InChI is InChI=1S/C12H17NO2/c1-8-5-9(7-12(13)3-4-12)10(14)6-11(8)15-2/h5-6,14H,3-4,7,13H2,1-2H3. The van der Waals surface area contributed by atoms with Crippen molar-refractivity contribution in [1.29, 1.82) is 0 Å². The maximum atomic E-state index is 9.80. The summed E-state index contributed by atoms with van der Waals surface area (Å²) >= 11 is 0. The number of rotatable bonds is 3. The Kier molecular flexibility index (Phi) is 2.35. The van der Waals surface area contributed by atoms with E-state index in [2.05, 4.69) is 0 Å². The molecule has 1 aliphatic rings. The molecule has 1 aromatic carbocycles. The second kappa shape index (κ2) is 3.42. The van der Waals surface area contributed by atoms with Gasteiger partial charge >= 0.3 is 0 Å². The highest BCUT2D eigenvalue weighted by molar-refractivity contribution is 5.46. The minimum atomic E-state index is -0.0709. The minimum Gasteiger partial charge on any atom is -0.508 e. The molecule has 0 aromatic heterocycles. The Labute approximate surface area is 89.9 Å². The van der Waals surface area contributed by atoms with Gasteiger partial charge < -0.3 is 15.6 Å². The van der Waals surface area contributed by atoms with Gasteiger partial charge in [0.05, 0.1) is 7.11 Å². The fourth-order valence-electron chi connectivity index (χ4n) is 1.82. The van der Waals surface area contributed by atoms with E-state index in [1.54, 1.807) is 13.2 Å². The highest BCUT2D eigenvalue weighted by atomic mass is 16.5. The van der Waals surface area contributed by atoms with Crippen LogP contribution in [-0.4, -0.2) is 17.8 Å². The van der Waals surface area contributed by atoms with E-state index in [9.17, 15) is 5.11 Å². The van der Waals surface area contributed by atoms with E-state index >= 15 is 0 Å². The van der Waals surface area contributed by atoms with Crippen LogP contribution in [-0.2, 0) is 6.42 Å². The maximum absolute atomic E-state index is 9.80. The first-order valence-electron chi connectivity index (χ1n) is 5.19. The van der Waals surface area contributed by atoms with Gasteiger partial charge in [0.25, 0.3) is 0 Å². The highest BCUT2D eigenvalue weighted by Crippen LogP contribution is 2.39. The molecular weight excluding hydrogens is 190 g/mol. The Morgan fingerprint density at radius 2 is 2.13 bits per heavy atom. The molecule has 1 aromatic rings. The normalized spacial score (nSPS) is 17.5. The summed E-state index contributed by atoms with van der Waals surface area (Å²) in [6.45, 7) is 1.97. The van der Waals surface area contributed by atoms with Gasteiger partial charge in [0, 0.05) is 11.6 Å². The summed E-state index contributed by atoms with van der Waals surface area (Å²) in [6, 6.07) is 3.62. The van der Waals surface area contributed by atoms with Crippen molar-refractivity contribution in [3.05, 3.63) is 23.3 Å². The van der Waals surface area contributed by atoms with Crippen molar-refractivity contribution in [2.24, 2.45) is 5.73 Å². The molecule has 0 spiro atoms. The number of ether oxygens (including phenoxy) is 1. The average Bonchev–Trinajstić information content (AvgIpc) is 2.89. The molecule has 3 nitrogen and oxygen atoms in total. The lowest BCUT2D eigenvalue weighted by atomic mass is 10.0. The van der Waals surface area contributed by atoms with Gasteiger partial charge in [-0.1, -0.05) is 0 Å². The average molecular weight is 207 g/mol. The van der Waals surface area contributed by atoms with Crippen LogP contribution in [0.15, 0.2) is 12.1 Å². The van der Waals surface area contributed by atoms with E-state index in [1.807, 2.05) is 13.0 Å². The van der Waals surface area contributed by atoms with Gasteiger partial charge in [0.1, 0.15) is 11.5 Å². The topological polar surface area (TPSA) is 55.5 Å². The van der Waals surface area contributed by atoms with Crippen molar-refractivity contribution in [3.8, 4) is 11.5 Å². The lowest BCUT2D eigenvalue weighted by Gasteiger charge is -2.13. The number of hydrogen-bond donors (Lipinski definition) is 2. The molecule has 82 valence electrons. The molecule has 0 unspecified atom stereocenters. The van der Waals surface area contributed by atoms with Gasteiger partial charge in [-0.2, -0.15) is 0 Å². The number of hydrogen-bond acceptors (Lipinski definition) is 3. The SMILES string of the molecule is COc1cc(O)c(CC2(N)CC2)cc1C. The first-order valence-corrected chi connectivity index (χ1v) is 5.19. The third-order valence-corrected chi connectivity index (χ3v) is 3.03. The lowest BCUT2D eigenvalue weighted by molar-refractivity contribution is 0.402. The van der Waals surface area contributed by atoms with Gasteiger partial charge in [-0.25, -0.2) is 0 Å². The Morgan fingerprint density at radius 1 is 1.47 bits per heavy atom. The molecule has 0 atom stereocenters. The first kappa shape index (κ1) is 10.3. The predicted octanol–water partition coefficient (Wildman–Crippen LogP) is 1.74. The number of benzene rings is 1. The summed E-state index contributed by atoms with van der Waals surface area (Å²) in [6.07, 6.45) is 2.86. The number of methoxy groups -OCH3 is 1. The molecule has 0 radical (unpaired) electrons. The van der Waals surface area contributed by atoms with Crippen LogP contribution in [0.3, 0.4) is 0 Å². The van der Waals surface area contributed by atoms with Crippen LogP contribution >= 0.6 is 0 Å². The van der Waals surface area contributed by atoms with Crippen molar-refractivity contribution >= 4 is 0 Å². The fraction of sp³-hybridized carbons (Fsp3) is 0.500. The molecule has 0 heterocycles. The van der Waals surface area contributed by atoms with E-state index in [4.69, 9.17) is 10.5 Å². The number of aromatic hydroxyl groups is 1. The van der Waals surface area contributed by atoms with Crippen molar-refractivity contribution in [2.75, 3.05) is 7.11 Å². The second-order valence-electron chi connectivity index (χ2n) is 4.49. The highest BCUT2D eigenvalue weighted by Gasteiger charge is 2.38. The zero-order valence-corrected chi connectivity index (χ0v) is 9.21. The molecule has 1 saturated carbocycles. The monoisotopic (exact) mass is 207 g/mol. The Bertz CT molecular complexity index is 383. The molecule has 0 bridgehead atoms. The lowest BCUT2D eigenvalue weighted by Crippen LogP contribution is -2.24. The summed E-state index contributed by atoms with van der Waals surface area (Å²) in [5.74, 6) is 1.01. The molecule has 2 rings (SSSR count). The van der Waals surface area contributed by atoms with E-state index in [0.29, 0.717) is 0 Å². The summed E-state index contributed by atoms with van der Waals surface area (Å²) in [5.41, 5.74) is 7.92. The van der Waals surface area contributed by atoms with E-state index < -0.39 is 0 Å². The molecule has 0 amide bonds. The van der Waals surface area contributed by atoms with Gasteiger partial charge in [0.15, 0.2) is 0 Å². The van der Waals surface area contributed by atoms with E-state index in [1.165, 1.54) is 0 Å². The van der Waals surface area contributed by atoms with Gasteiger partial charge in [-0.3, -0.25) is 0 Å². The van der Waals surface area contributed by atoms with E-state index in [-0.39, 0.29) is 11.3 Å². The van der Waals surface area contributed by atoms with Crippen LogP contribution in [0.5, 0.6) is 11.5 Å². The van der Waals surface area contributed by atoms with Crippen molar-refractivity contribution in [2.45, 2.75) is 31.7 Å². The molecule has 1 fully saturated rings. The van der Waals surface area contributed by atoms with Gasteiger partial charge in [-0.05, 0) is 43.4 Å². The molecule has 15 heavy (non-hydrogen) atoms. The van der Waals surface area contributed by atoms with Gasteiger partial charge in [0.2, 0.25) is 0 Å². The van der Waals surface area contributed by atoms with Crippen LogP contribution in [0, 0.1) is 6.92 Å². The van der Waals surface area contributed by atoms with Crippen LogP contribution < -0.4 is 10.5 Å². The van der Waals surface area contributed by atoms with Crippen LogP contribution in [0.2, 0.25) is 0 Å². The number of aryl methyl sites for hydroxylation is 1. The second-order valence-corrected chi connectivity index (χ2v) is 4.49. The van der Waals surface area contributed by atoms with Crippen LogP contribution in [0.25, 0.3) is 0 Å². The summed E-state index contributed by atoms with van der Waals surface area (Å²) in [4.78, 5) is 0. The minimum absolute atomic E-state index is 0.0709. The smallest absolute Gasteiger partial charge is 0.125 e. The van der Waals surface area contributed by atoms with Crippen molar-refractivity contribution in [3.63, 3.8) is 0 Å². The largest absolute Gasteiger partial charge is 0.508 e. The molecule has 0 aliphatic heterocycles. The fourth-order valence-corrected chi connectivity index (χ4v) is 1.82. The predicted molar refractivity (Wildman–Crippen MR) is 59.3 cm³/mol. The molecule has 1 aliphatic carbocycles. The Hall–Kier alpha value is -1.22. The quantitative estimate of drug-likeness (QED) is 0.793.